The fourth-order valence-corrected chi connectivity index (χ4v) is 2.11. The molecule has 1 atom stereocenters. The molecule has 0 aliphatic rings. The highest BCUT2D eigenvalue weighted by Gasteiger charge is 2.31. The number of aromatic nitrogens is 2. The van der Waals surface area contributed by atoms with E-state index in [-0.39, 0.29) is 11.5 Å². The van der Waals surface area contributed by atoms with Gasteiger partial charge in [-0.25, -0.2) is 0 Å². The van der Waals surface area contributed by atoms with Crippen molar-refractivity contribution in [2.24, 2.45) is 5.41 Å². The normalized spacial score (nSPS) is 13.4. The summed E-state index contributed by atoms with van der Waals surface area (Å²) in [4.78, 5) is 4.48. The van der Waals surface area contributed by atoms with Crippen LogP contribution in [0.5, 0.6) is 0 Å². The van der Waals surface area contributed by atoms with Crippen LogP contribution in [0.1, 0.15) is 45.2 Å². The van der Waals surface area contributed by atoms with Crippen LogP contribution in [0.3, 0.4) is 0 Å². The maximum Gasteiger partial charge on any atom is 0.258 e. The zero-order valence-electron chi connectivity index (χ0n) is 13.3. The molecule has 0 saturated carbocycles. The molecule has 0 radical (unpaired) electrons. The molecule has 0 aliphatic heterocycles. The second-order valence-electron chi connectivity index (χ2n) is 6.23. The van der Waals surface area contributed by atoms with Gasteiger partial charge in [-0.1, -0.05) is 32.0 Å². The molecule has 1 aromatic carbocycles. The monoisotopic (exact) mass is 289 g/mol. The number of nitrogens with two attached hydrogens (primary N) is 1. The molecule has 5 nitrogen and oxygen atoms in total. The van der Waals surface area contributed by atoms with E-state index in [0.717, 1.165) is 11.1 Å². The first-order valence-electron chi connectivity index (χ1n) is 7.14. The highest BCUT2D eigenvalue weighted by molar-refractivity contribution is 5.62. The largest absolute Gasteiger partial charge is 0.398 e. The molecule has 114 valence electrons. The van der Waals surface area contributed by atoms with Crippen LogP contribution >= 0.6 is 0 Å². The molecule has 0 aliphatic carbocycles. The summed E-state index contributed by atoms with van der Waals surface area (Å²) >= 11 is 0. The molecule has 1 aromatic heterocycles. The summed E-state index contributed by atoms with van der Waals surface area (Å²) in [6.07, 6.45) is -0.206. The minimum atomic E-state index is -0.206. The highest BCUT2D eigenvalue weighted by atomic mass is 16.5. The van der Waals surface area contributed by atoms with Crippen molar-refractivity contribution in [3.8, 4) is 11.5 Å². The van der Waals surface area contributed by atoms with Crippen LogP contribution in [0, 0.1) is 12.3 Å². The Bertz CT molecular complexity index is 614. The Hall–Kier alpha value is -1.88. The molecule has 5 heteroatoms. The molecule has 1 unspecified atom stereocenters. The Morgan fingerprint density at radius 3 is 2.62 bits per heavy atom. The second-order valence-corrected chi connectivity index (χ2v) is 6.23. The third kappa shape index (κ3) is 3.42. The van der Waals surface area contributed by atoms with Crippen LogP contribution in [-0.2, 0) is 4.74 Å². The summed E-state index contributed by atoms with van der Waals surface area (Å²) in [5.74, 6) is 1.03. The summed E-state index contributed by atoms with van der Waals surface area (Å²) in [6.45, 7) is 10.8. The third-order valence-electron chi connectivity index (χ3n) is 3.32. The molecular weight excluding hydrogens is 266 g/mol. The lowest BCUT2D eigenvalue weighted by atomic mass is 9.88. The number of ether oxygens (including phenoxy) is 1. The smallest absolute Gasteiger partial charge is 0.258 e. The number of rotatable bonds is 4. The summed E-state index contributed by atoms with van der Waals surface area (Å²) < 4.78 is 11.1. The number of nitrogen functional groups attached to an aromatic ring is 1. The Balaban J connectivity index is 2.33. The van der Waals surface area contributed by atoms with Gasteiger partial charge in [-0.15, -0.1) is 0 Å². The van der Waals surface area contributed by atoms with E-state index in [1.165, 1.54) is 0 Å². The first kappa shape index (κ1) is 15.5. The van der Waals surface area contributed by atoms with Crippen LogP contribution in [0.25, 0.3) is 11.5 Å². The lowest BCUT2D eigenvalue weighted by Gasteiger charge is -2.27. The maximum atomic E-state index is 5.93. The maximum absolute atomic E-state index is 5.93. The predicted molar refractivity (Wildman–Crippen MR) is 82.7 cm³/mol. The summed E-state index contributed by atoms with van der Waals surface area (Å²) in [7, 11) is 0. The molecule has 2 rings (SSSR count). The van der Waals surface area contributed by atoms with Crippen LogP contribution < -0.4 is 5.73 Å². The average Bonchev–Trinajstić information content (AvgIpc) is 2.87. The van der Waals surface area contributed by atoms with Crippen molar-refractivity contribution in [1.82, 2.24) is 10.1 Å². The Morgan fingerprint density at radius 2 is 2.05 bits per heavy atom. The van der Waals surface area contributed by atoms with Crippen molar-refractivity contribution in [1.29, 1.82) is 0 Å². The van der Waals surface area contributed by atoms with Crippen LogP contribution in [0.2, 0.25) is 0 Å². The van der Waals surface area contributed by atoms with Gasteiger partial charge in [0.05, 0.1) is 0 Å². The van der Waals surface area contributed by atoms with Crippen LogP contribution in [0.4, 0.5) is 5.69 Å². The van der Waals surface area contributed by atoms with E-state index in [2.05, 4.69) is 30.9 Å². The third-order valence-corrected chi connectivity index (χ3v) is 3.32. The van der Waals surface area contributed by atoms with Crippen molar-refractivity contribution in [3.63, 3.8) is 0 Å². The van der Waals surface area contributed by atoms with E-state index < -0.39 is 0 Å². The number of hydrogen-bond acceptors (Lipinski definition) is 5. The van der Waals surface area contributed by atoms with Gasteiger partial charge >= 0.3 is 0 Å². The lowest BCUT2D eigenvalue weighted by molar-refractivity contribution is -0.0203. The van der Waals surface area contributed by atoms with Gasteiger partial charge in [0, 0.05) is 17.9 Å². The molecule has 2 N–H and O–H groups in total. The second kappa shape index (κ2) is 5.85. The predicted octanol–water partition coefficient (Wildman–Crippen LogP) is 3.75. The number of nitrogens with zero attached hydrogens (tertiary/aromatic N) is 2. The molecule has 0 spiro atoms. The van der Waals surface area contributed by atoms with Crippen molar-refractivity contribution in [2.45, 2.75) is 40.7 Å². The summed E-state index contributed by atoms with van der Waals surface area (Å²) in [5, 5.41) is 4.08. The highest BCUT2D eigenvalue weighted by Crippen LogP contribution is 2.35. The molecular formula is C16H23N3O2. The Morgan fingerprint density at radius 1 is 1.33 bits per heavy atom. The van der Waals surface area contributed by atoms with Gasteiger partial charge in [-0.3, -0.25) is 0 Å². The van der Waals surface area contributed by atoms with Gasteiger partial charge < -0.3 is 15.0 Å². The zero-order chi connectivity index (χ0) is 15.6. The van der Waals surface area contributed by atoms with Gasteiger partial charge in [0.25, 0.3) is 5.89 Å². The fourth-order valence-electron chi connectivity index (χ4n) is 2.11. The Labute approximate surface area is 125 Å². The van der Waals surface area contributed by atoms with E-state index in [1.54, 1.807) is 0 Å². The van der Waals surface area contributed by atoms with Gasteiger partial charge in [0.1, 0.15) is 6.10 Å². The zero-order valence-corrected chi connectivity index (χ0v) is 13.3. The van der Waals surface area contributed by atoms with Crippen molar-refractivity contribution in [3.05, 3.63) is 29.6 Å². The molecule has 0 amide bonds. The first-order valence-corrected chi connectivity index (χ1v) is 7.14. The molecule has 21 heavy (non-hydrogen) atoms. The SMILES string of the molecule is CCOC(c1noc(-c2ccc(C)c(N)c2)n1)C(C)(C)C. The van der Waals surface area contributed by atoms with Crippen molar-refractivity contribution >= 4 is 5.69 Å². The summed E-state index contributed by atoms with van der Waals surface area (Å²) in [5.41, 5.74) is 8.38. The van der Waals surface area contributed by atoms with Crippen LogP contribution in [0.15, 0.2) is 22.7 Å². The molecule has 0 bridgehead atoms. The topological polar surface area (TPSA) is 74.2 Å². The number of benzene rings is 1. The minimum absolute atomic E-state index is 0.108. The lowest BCUT2D eigenvalue weighted by Crippen LogP contribution is -2.22. The van der Waals surface area contributed by atoms with Crippen LogP contribution in [-0.4, -0.2) is 16.7 Å². The quantitative estimate of drug-likeness (QED) is 0.868. The van der Waals surface area contributed by atoms with E-state index in [1.807, 2.05) is 32.0 Å². The van der Waals surface area contributed by atoms with E-state index in [0.29, 0.717) is 24.0 Å². The van der Waals surface area contributed by atoms with Crippen molar-refractivity contribution in [2.75, 3.05) is 12.3 Å². The van der Waals surface area contributed by atoms with Gasteiger partial charge in [0.15, 0.2) is 0 Å². The van der Waals surface area contributed by atoms with Gasteiger partial charge in [-0.05, 0) is 37.0 Å². The Kier molecular flexibility index (Phi) is 4.32. The molecule has 2 aromatic rings. The fraction of sp³-hybridized carbons (Fsp3) is 0.500. The standard InChI is InChI=1S/C16H23N3O2/c1-6-20-13(16(3,4)5)14-18-15(21-19-14)11-8-7-10(2)12(17)9-11/h7-9,13H,6,17H2,1-5H3. The van der Waals surface area contributed by atoms with Gasteiger partial charge in [-0.2, -0.15) is 4.98 Å². The average molecular weight is 289 g/mol. The van der Waals surface area contributed by atoms with E-state index in [4.69, 9.17) is 15.0 Å². The van der Waals surface area contributed by atoms with Gasteiger partial charge in [0.2, 0.25) is 5.82 Å². The number of hydrogen-bond donors (Lipinski definition) is 1. The number of anilines is 1. The molecule has 0 fully saturated rings. The van der Waals surface area contributed by atoms with Crippen molar-refractivity contribution < 1.29 is 9.26 Å². The van der Waals surface area contributed by atoms with E-state index in [9.17, 15) is 0 Å². The molecule has 0 saturated heterocycles. The number of aryl methyl sites for hydroxylation is 1. The summed E-state index contributed by atoms with van der Waals surface area (Å²) in [6, 6.07) is 5.72. The van der Waals surface area contributed by atoms with E-state index >= 15 is 0 Å². The minimum Gasteiger partial charge on any atom is -0.398 e. The first-order chi connectivity index (χ1) is 9.82. The molecule has 1 heterocycles.